The molecule has 0 spiro atoms. The van der Waals surface area contributed by atoms with Crippen molar-refractivity contribution in [2.24, 2.45) is 11.7 Å². The minimum atomic E-state index is -1.43. The van der Waals surface area contributed by atoms with Gasteiger partial charge in [0, 0.05) is 13.0 Å². The summed E-state index contributed by atoms with van der Waals surface area (Å²) in [4.78, 5) is 28.8. The fourth-order valence-electron chi connectivity index (χ4n) is 8.07. The maximum absolute atomic E-state index is 13.9. The second-order valence-electron chi connectivity index (χ2n) is 17.4. The third kappa shape index (κ3) is 25.0. The molecule has 1 aliphatic rings. The van der Waals surface area contributed by atoms with Gasteiger partial charge in [-0.05, 0) is 25.2 Å². The van der Waals surface area contributed by atoms with Gasteiger partial charge in [0.1, 0.15) is 24.4 Å². The second-order valence-corrected chi connectivity index (χ2v) is 17.4. The van der Waals surface area contributed by atoms with Crippen molar-refractivity contribution in [3.63, 3.8) is 0 Å². The largest absolute Gasteiger partial charge is 0.394 e. The number of ether oxygens (including phenoxy) is 1. The molecule has 6 N–H and O–H groups in total. The van der Waals surface area contributed by atoms with Crippen molar-refractivity contribution in [3.05, 3.63) is 0 Å². The van der Waals surface area contributed by atoms with Gasteiger partial charge in [0.15, 0.2) is 6.23 Å². The van der Waals surface area contributed by atoms with E-state index in [1.165, 1.54) is 148 Å². The average molecular weight is 782 g/mol. The lowest BCUT2D eigenvalue weighted by molar-refractivity contribution is -0.231. The summed E-state index contributed by atoms with van der Waals surface area (Å²) in [7, 11) is 0. The zero-order valence-electron chi connectivity index (χ0n) is 36.5. The summed E-state index contributed by atoms with van der Waals surface area (Å²) in [5.41, 5.74) is 6.20. The highest BCUT2D eigenvalue weighted by atomic mass is 16.5. The Morgan fingerprint density at radius 3 is 1.38 bits per heavy atom. The van der Waals surface area contributed by atoms with Gasteiger partial charge in [0.05, 0.1) is 12.6 Å². The first-order valence-corrected chi connectivity index (χ1v) is 23.7. The Labute approximate surface area is 339 Å². The van der Waals surface area contributed by atoms with Crippen LogP contribution >= 0.6 is 0 Å². The van der Waals surface area contributed by atoms with E-state index < -0.39 is 49.1 Å². The molecule has 1 fully saturated rings. The van der Waals surface area contributed by atoms with Crippen LogP contribution < -0.4 is 11.1 Å². The molecule has 1 heterocycles. The molecule has 1 rings (SSSR count). The van der Waals surface area contributed by atoms with Crippen LogP contribution in [-0.4, -0.2) is 81.8 Å². The summed E-state index contributed by atoms with van der Waals surface area (Å²) in [5, 5.41) is 34.9. The van der Waals surface area contributed by atoms with Crippen LogP contribution in [0.3, 0.4) is 0 Å². The number of unbranched alkanes of at least 4 members (excludes halogenated alkanes) is 27. The van der Waals surface area contributed by atoms with Crippen LogP contribution in [0, 0.1) is 5.92 Å². The molecule has 0 aliphatic carbocycles. The number of amides is 2. The van der Waals surface area contributed by atoms with Crippen LogP contribution in [0.1, 0.15) is 227 Å². The topological polar surface area (TPSA) is 145 Å². The highest BCUT2D eigenvalue weighted by Crippen LogP contribution is 2.26. The summed E-state index contributed by atoms with van der Waals surface area (Å²) in [5.74, 6) is -0.339. The van der Waals surface area contributed by atoms with Crippen LogP contribution in [0.5, 0.6) is 0 Å². The normalized spacial score (nSPS) is 20.6. The number of aliphatic hydroxyl groups excluding tert-OH is 3. The van der Waals surface area contributed by atoms with E-state index in [2.05, 4.69) is 19.2 Å². The molecule has 55 heavy (non-hydrogen) atoms. The summed E-state index contributed by atoms with van der Waals surface area (Å²) >= 11 is 0. The molecule has 1 saturated heterocycles. The highest BCUT2D eigenvalue weighted by Gasteiger charge is 2.48. The molecule has 0 aromatic heterocycles. The molecular formula is C46H91N3O6. The fourth-order valence-corrected chi connectivity index (χ4v) is 8.07. The van der Waals surface area contributed by atoms with Crippen LogP contribution in [-0.2, 0) is 14.3 Å². The molecule has 0 aromatic rings. The lowest BCUT2D eigenvalue weighted by Gasteiger charge is -2.47. The van der Waals surface area contributed by atoms with Gasteiger partial charge in [-0.2, -0.15) is 0 Å². The number of carbonyl (C=O) groups is 2. The van der Waals surface area contributed by atoms with Crippen molar-refractivity contribution in [2.45, 2.75) is 263 Å². The molecule has 9 nitrogen and oxygen atoms in total. The standard InChI is InChI=1S/C46H91N3O6/c1-5-7-9-11-13-15-17-19-20-21-23-25-27-29-31-33-35-49(41(51)34-32-30-28-26-24-22-18-16-14-12-10-8-6-2)46-42(44(53)43(52)40(37-50)55-46)48-45(54)39(47)36-38(3)4/h38-40,42-44,46,50,52-53H,5-37,47H2,1-4H3,(H,48,54)/t39-,40+,42+,43+,44+,46+/m0/s1. The van der Waals surface area contributed by atoms with E-state index in [-0.39, 0.29) is 11.8 Å². The second kappa shape index (κ2) is 34.8. The zero-order valence-corrected chi connectivity index (χ0v) is 36.5. The zero-order chi connectivity index (χ0) is 40.5. The van der Waals surface area contributed by atoms with Crippen molar-refractivity contribution < 1.29 is 29.6 Å². The Bertz CT molecular complexity index is 907. The van der Waals surface area contributed by atoms with Gasteiger partial charge in [-0.1, -0.05) is 201 Å². The van der Waals surface area contributed by atoms with Crippen LogP contribution in [0.15, 0.2) is 0 Å². The minimum Gasteiger partial charge on any atom is -0.394 e. The van der Waals surface area contributed by atoms with Gasteiger partial charge in [0.25, 0.3) is 0 Å². The molecule has 0 radical (unpaired) electrons. The Hall–Kier alpha value is -1.26. The number of hydrogen-bond acceptors (Lipinski definition) is 7. The number of nitrogens with two attached hydrogens (primary N) is 1. The van der Waals surface area contributed by atoms with Crippen molar-refractivity contribution in [1.29, 1.82) is 0 Å². The predicted molar refractivity (Wildman–Crippen MR) is 229 cm³/mol. The predicted octanol–water partition coefficient (Wildman–Crippen LogP) is 9.86. The summed E-state index contributed by atoms with van der Waals surface area (Å²) in [6.07, 6.45) is 32.0. The Morgan fingerprint density at radius 2 is 1.00 bits per heavy atom. The van der Waals surface area contributed by atoms with Crippen molar-refractivity contribution in [2.75, 3.05) is 13.2 Å². The van der Waals surface area contributed by atoms with Gasteiger partial charge in [-0.15, -0.1) is 0 Å². The van der Waals surface area contributed by atoms with Gasteiger partial charge in [-0.25, -0.2) is 0 Å². The van der Waals surface area contributed by atoms with E-state index in [0.717, 1.165) is 38.5 Å². The Morgan fingerprint density at radius 1 is 0.618 bits per heavy atom. The lowest BCUT2D eigenvalue weighted by Crippen LogP contribution is -2.69. The summed E-state index contributed by atoms with van der Waals surface area (Å²) in [6, 6.07) is -1.86. The minimum absolute atomic E-state index is 0.0833. The molecule has 9 heteroatoms. The molecule has 6 atom stereocenters. The number of aliphatic hydroxyl groups is 3. The van der Waals surface area contributed by atoms with Crippen LogP contribution in [0.2, 0.25) is 0 Å². The Kier molecular flexibility index (Phi) is 32.7. The van der Waals surface area contributed by atoms with E-state index >= 15 is 0 Å². The first-order valence-electron chi connectivity index (χ1n) is 23.7. The SMILES string of the molecule is CCCCCCCCCCCCCCCCCCN(C(=O)CCCCCCCCCCCCCCC)[C@@H]1O[C@H](CO)[C@@H](O)[C@H](O)[C@H]1NC(=O)[C@@H](N)CC(C)C. The van der Waals surface area contributed by atoms with Crippen LogP contribution in [0.4, 0.5) is 0 Å². The summed E-state index contributed by atoms with van der Waals surface area (Å²) in [6.45, 7) is 8.41. The lowest BCUT2D eigenvalue weighted by atomic mass is 9.94. The van der Waals surface area contributed by atoms with E-state index in [1.54, 1.807) is 4.90 Å². The number of carbonyl (C=O) groups excluding carboxylic acids is 2. The van der Waals surface area contributed by atoms with Crippen molar-refractivity contribution in [1.82, 2.24) is 10.2 Å². The van der Waals surface area contributed by atoms with Crippen molar-refractivity contribution >= 4 is 11.8 Å². The van der Waals surface area contributed by atoms with Crippen LogP contribution in [0.25, 0.3) is 0 Å². The Balaban J connectivity index is 2.67. The average Bonchev–Trinajstić information content (AvgIpc) is 3.16. The van der Waals surface area contributed by atoms with Gasteiger partial charge < -0.3 is 36.0 Å². The number of hydrogen-bond donors (Lipinski definition) is 5. The van der Waals surface area contributed by atoms with Gasteiger partial charge in [0.2, 0.25) is 11.8 Å². The molecule has 0 saturated carbocycles. The highest BCUT2D eigenvalue weighted by molar-refractivity contribution is 5.82. The molecule has 0 unspecified atom stereocenters. The maximum Gasteiger partial charge on any atom is 0.237 e. The van der Waals surface area contributed by atoms with E-state index in [9.17, 15) is 24.9 Å². The van der Waals surface area contributed by atoms with Crippen molar-refractivity contribution in [3.8, 4) is 0 Å². The number of nitrogens with zero attached hydrogens (tertiary/aromatic N) is 1. The first kappa shape index (κ1) is 51.8. The first-order chi connectivity index (χ1) is 26.7. The smallest absolute Gasteiger partial charge is 0.237 e. The fraction of sp³-hybridized carbons (Fsp3) is 0.957. The monoisotopic (exact) mass is 782 g/mol. The number of nitrogens with one attached hydrogen (secondary N) is 1. The molecule has 326 valence electrons. The third-order valence-corrected chi connectivity index (χ3v) is 11.6. The molecular weight excluding hydrogens is 691 g/mol. The molecule has 0 bridgehead atoms. The van der Waals surface area contributed by atoms with E-state index in [0.29, 0.717) is 19.4 Å². The quantitative estimate of drug-likeness (QED) is 0.0395. The van der Waals surface area contributed by atoms with Gasteiger partial charge in [-0.3, -0.25) is 9.59 Å². The van der Waals surface area contributed by atoms with E-state index in [4.69, 9.17) is 10.5 Å². The number of rotatable bonds is 37. The maximum atomic E-state index is 13.9. The van der Waals surface area contributed by atoms with E-state index in [1.807, 2.05) is 13.8 Å². The molecule has 1 aliphatic heterocycles. The van der Waals surface area contributed by atoms with Gasteiger partial charge >= 0.3 is 0 Å². The third-order valence-electron chi connectivity index (χ3n) is 11.6. The molecule has 2 amide bonds. The summed E-state index contributed by atoms with van der Waals surface area (Å²) < 4.78 is 6.16. The molecule has 0 aromatic carbocycles.